The van der Waals surface area contributed by atoms with Gasteiger partial charge in [-0.15, -0.1) is 0 Å². The van der Waals surface area contributed by atoms with Crippen LogP contribution in [0.5, 0.6) is 0 Å². The highest BCUT2D eigenvalue weighted by Crippen LogP contribution is 2.15. The summed E-state index contributed by atoms with van der Waals surface area (Å²) in [7, 11) is 0. The largest absolute Gasteiger partial charge is 0.481 e. The fraction of sp³-hybridized carbons (Fsp3) is 0.333. The van der Waals surface area contributed by atoms with Crippen molar-refractivity contribution in [2.45, 2.75) is 44.3 Å². The Balaban J connectivity index is 2.17. The van der Waals surface area contributed by atoms with Crippen LogP contribution >= 0.6 is 12.6 Å². The van der Waals surface area contributed by atoms with Crippen molar-refractivity contribution >= 4 is 48.6 Å². The highest BCUT2D eigenvalue weighted by molar-refractivity contribution is 7.80. The maximum Gasteiger partial charge on any atom is 0.327 e. The molecule has 0 saturated carbocycles. The van der Waals surface area contributed by atoms with E-state index in [0.717, 1.165) is 11.1 Å². The number of carbonyl (C=O) groups excluding carboxylic acids is 4. The number of hydrogen-bond donors (Lipinski definition) is 6. The molecule has 0 radical (unpaired) electrons. The molecular weight excluding hydrogens is 526 g/mol. The minimum absolute atomic E-state index is 0.0404. The van der Waals surface area contributed by atoms with Crippen molar-refractivity contribution in [3.63, 3.8) is 0 Å². The summed E-state index contributed by atoms with van der Waals surface area (Å²) in [5.74, 6) is -6.18. The monoisotopic (exact) mass is 557 g/mol. The van der Waals surface area contributed by atoms with Crippen molar-refractivity contribution in [1.82, 2.24) is 16.0 Å². The van der Waals surface area contributed by atoms with Crippen molar-refractivity contribution in [1.29, 1.82) is 0 Å². The normalized spacial score (nSPS) is 12.8. The van der Waals surface area contributed by atoms with Crippen LogP contribution in [0.3, 0.4) is 0 Å². The van der Waals surface area contributed by atoms with E-state index in [4.69, 9.17) is 0 Å². The van der Waals surface area contributed by atoms with Crippen molar-refractivity contribution in [2.75, 3.05) is 5.75 Å². The van der Waals surface area contributed by atoms with Gasteiger partial charge in [0.2, 0.25) is 18.2 Å². The lowest BCUT2D eigenvalue weighted by Gasteiger charge is -2.22. The molecule has 2 aromatic rings. The van der Waals surface area contributed by atoms with Crippen LogP contribution in [0.4, 0.5) is 0 Å². The zero-order valence-corrected chi connectivity index (χ0v) is 21.9. The van der Waals surface area contributed by atoms with Crippen LogP contribution in [0.2, 0.25) is 0 Å². The van der Waals surface area contributed by atoms with Crippen LogP contribution < -0.4 is 16.0 Å². The van der Waals surface area contributed by atoms with Gasteiger partial charge in [-0.1, -0.05) is 54.6 Å². The predicted molar refractivity (Wildman–Crippen MR) is 144 cm³/mol. The van der Waals surface area contributed by atoms with E-state index in [-0.39, 0.29) is 18.6 Å². The standard InChI is InChI=1S/C27H31N3O8S/c31-16-28-14-19-8-6-18(7-9-19)11-24(33)29-21(10-17-4-2-1-3-5-17)23(32)12-20(13-25(34)35)26(36)30-22(15-39)27(37)38/h1-9,16,20-22,39H,10-15H2,(H,28,31)(H,29,33)(H,30,36)(H,34,35)(H,37,38)/t20-,21-,22-/m0/s1. The van der Waals surface area contributed by atoms with Gasteiger partial charge in [0.1, 0.15) is 6.04 Å². The molecule has 2 aromatic carbocycles. The average molecular weight is 558 g/mol. The summed E-state index contributed by atoms with van der Waals surface area (Å²) in [4.78, 5) is 72.0. The molecule has 0 bridgehead atoms. The third kappa shape index (κ3) is 11.0. The number of rotatable bonds is 17. The molecule has 208 valence electrons. The third-order valence-corrected chi connectivity index (χ3v) is 6.19. The maximum atomic E-state index is 13.3. The highest BCUT2D eigenvalue weighted by atomic mass is 32.1. The van der Waals surface area contributed by atoms with Gasteiger partial charge in [0.05, 0.1) is 24.8 Å². The first kappa shape index (κ1) is 31.0. The lowest BCUT2D eigenvalue weighted by molar-refractivity contribution is -0.144. The SMILES string of the molecule is O=CNCc1ccc(CC(=O)N[C@@H](Cc2ccccc2)C(=O)C[C@@H](CC(=O)O)C(=O)N[C@@H](CS)C(=O)O)cc1. The molecule has 39 heavy (non-hydrogen) atoms. The van der Waals surface area contributed by atoms with Gasteiger partial charge in [-0.2, -0.15) is 12.6 Å². The lowest BCUT2D eigenvalue weighted by atomic mass is 9.91. The molecule has 0 heterocycles. The van der Waals surface area contributed by atoms with Crippen LogP contribution in [-0.2, 0) is 48.2 Å². The fourth-order valence-corrected chi connectivity index (χ4v) is 4.04. The Kier molecular flexibility index (Phi) is 12.7. The summed E-state index contributed by atoms with van der Waals surface area (Å²) >= 11 is 3.88. The zero-order valence-electron chi connectivity index (χ0n) is 21.0. The number of thiol groups is 1. The second-order valence-electron chi connectivity index (χ2n) is 8.85. The number of amides is 3. The quantitative estimate of drug-likeness (QED) is 0.122. The summed E-state index contributed by atoms with van der Waals surface area (Å²) in [5.41, 5.74) is 2.25. The van der Waals surface area contributed by atoms with Crippen LogP contribution in [0, 0.1) is 5.92 Å². The van der Waals surface area contributed by atoms with Gasteiger partial charge in [0.25, 0.3) is 0 Å². The Morgan fingerprint density at radius 2 is 1.46 bits per heavy atom. The van der Waals surface area contributed by atoms with Crippen molar-refractivity contribution < 1.29 is 39.0 Å². The number of Topliss-reactive ketones (excluding diaryl/α,β-unsaturated/α-hetero) is 1. The summed E-state index contributed by atoms with van der Waals surface area (Å²) in [6.45, 7) is 0.343. The predicted octanol–water partition coefficient (Wildman–Crippen LogP) is 0.752. The molecule has 5 N–H and O–H groups in total. The van der Waals surface area contributed by atoms with E-state index in [0.29, 0.717) is 18.5 Å². The molecule has 3 amide bonds. The van der Waals surface area contributed by atoms with E-state index in [1.165, 1.54) is 0 Å². The summed E-state index contributed by atoms with van der Waals surface area (Å²) in [6, 6.07) is 13.4. The lowest BCUT2D eigenvalue weighted by Crippen LogP contribution is -2.47. The first-order valence-electron chi connectivity index (χ1n) is 12.1. The van der Waals surface area contributed by atoms with E-state index < -0.39 is 60.4 Å². The minimum atomic E-state index is -1.35. The molecule has 0 spiro atoms. The van der Waals surface area contributed by atoms with Gasteiger partial charge in [0.15, 0.2) is 5.78 Å². The van der Waals surface area contributed by atoms with E-state index in [1.807, 2.05) is 0 Å². The Labute approximate surface area is 230 Å². The van der Waals surface area contributed by atoms with Crippen molar-refractivity contribution in [3.05, 3.63) is 71.3 Å². The number of benzene rings is 2. The van der Waals surface area contributed by atoms with Gasteiger partial charge in [-0.25, -0.2) is 4.79 Å². The highest BCUT2D eigenvalue weighted by Gasteiger charge is 2.31. The first-order chi connectivity index (χ1) is 18.6. The minimum Gasteiger partial charge on any atom is -0.481 e. The Morgan fingerprint density at radius 3 is 2.03 bits per heavy atom. The van der Waals surface area contributed by atoms with Gasteiger partial charge in [-0.3, -0.25) is 24.0 Å². The number of carboxylic acid groups (broad SMARTS) is 2. The molecular formula is C27H31N3O8S. The summed E-state index contributed by atoms with van der Waals surface area (Å²) in [5, 5.41) is 25.9. The molecule has 0 aromatic heterocycles. The van der Waals surface area contributed by atoms with E-state index in [9.17, 15) is 39.0 Å². The number of hydrogen-bond acceptors (Lipinski definition) is 7. The van der Waals surface area contributed by atoms with Crippen LogP contribution in [0.25, 0.3) is 0 Å². The van der Waals surface area contributed by atoms with Crippen molar-refractivity contribution in [2.24, 2.45) is 5.92 Å². The molecule has 0 aliphatic heterocycles. The molecule has 2 rings (SSSR count). The molecule has 12 heteroatoms. The van der Waals surface area contributed by atoms with E-state index in [1.54, 1.807) is 54.6 Å². The average Bonchev–Trinajstić information content (AvgIpc) is 2.90. The molecule has 0 unspecified atom stereocenters. The smallest absolute Gasteiger partial charge is 0.327 e. The molecule has 3 atom stereocenters. The topological polar surface area (TPSA) is 179 Å². The van der Waals surface area contributed by atoms with E-state index >= 15 is 0 Å². The van der Waals surface area contributed by atoms with Crippen LogP contribution in [0.1, 0.15) is 29.5 Å². The van der Waals surface area contributed by atoms with Gasteiger partial charge >= 0.3 is 11.9 Å². The third-order valence-electron chi connectivity index (χ3n) is 5.82. The second kappa shape index (κ2) is 15.9. The van der Waals surface area contributed by atoms with Crippen molar-refractivity contribution in [3.8, 4) is 0 Å². The maximum absolute atomic E-state index is 13.3. The number of carboxylic acids is 2. The summed E-state index contributed by atoms with van der Waals surface area (Å²) in [6.07, 6.45) is -0.569. The van der Waals surface area contributed by atoms with E-state index in [2.05, 4.69) is 28.6 Å². The molecule has 0 aliphatic rings. The molecule has 11 nitrogen and oxygen atoms in total. The van der Waals surface area contributed by atoms with Gasteiger partial charge in [-0.05, 0) is 23.1 Å². The Bertz CT molecular complexity index is 1160. The van der Waals surface area contributed by atoms with Gasteiger partial charge < -0.3 is 26.2 Å². The van der Waals surface area contributed by atoms with Crippen LogP contribution in [0.15, 0.2) is 54.6 Å². The molecule has 0 fully saturated rings. The Hall–Kier alpha value is -4.19. The number of carbonyl (C=O) groups is 6. The zero-order chi connectivity index (χ0) is 28.8. The molecule has 0 saturated heterocycles. The fourth-order valence-electron chi connectivity index (χ4n) is 3.79. The van der Waals surface area contributed by atoms with Gasteiger partial charge in [0, 0.05) is 18.7 Å². The number of aliphatic carboxylic acids is 2. The number of nitrogens with one attached hydrogen (secondary N) is 3. The molecule has 0 aliphatic carbocycles. The summed E-state index contributed by atoms with van der Waals surface area (Å²) < 4.78 is 0. The second-order valence-corrected chi connectivity index (χ2v) is 9.21. The number of ketones is 1. The van der Waals surface area contributed by atoms with Crippen LogP contribution in [-0.4, -0.2) is 64.0 Å². The Morgan fingerprint density at radius 1 is 0.821 bits per heavy atom. The first-order valence-corrected chi connectivity index (χ1v) is 12.7.